The van der Waals surface area contributed by atoms with Crippen LogP contribution in [0, 0.1) is 11.3 Å². The van der Waals surface area contributed by atoms with Gasteiger partial charge in [0, 0.05) is 13.0 Å². The predicted molar refractivity (Wildman–Crippen MR) is 84.8 cm³/mol. The molecule has 6 nitrogen and oxygen atoms in total. The van der Waals surface area contributed by atoms with Crippen molar-refractivity contribution in [2.24, 2.45) is 17.1 Å². The van der Waals surface area contributed by atoms with Crippen LogP contribution in [0.5, 0.6) is 0 Å². The van der Waals surface area contributed by atoms with Gasteiger partial charge in [-0.1, -0.05) is 19.3 Å². The monoisotopic (exact) mass is 311 g/mol. The van der Waals surface area contributed by atoms with Crippen LogP contribution >= 0.6 is 0 Å². The van der Waals surface area contributed by atoms with Gasteiger partial charge in [-0.3, -0.25) is 14.4 Å². The summed E-state index contributed by atoms with van der Waals surface area (Å²) < 4.78 is 0. The van der Waals surface area contributed by atoms with E-state index in [4.69, 9.17) is 5.73 Å². The maximum atomic E-state index is 12.0. The van der Waals surface area contributed by atoms with Crippen molar-refractivity contribution >= 4 is 17.7 Å². The number of primary amides is 1. The zero-order chi connectivity index (χ0) is 16.8. The van der Waals surface area contributed by atoms with E-state index in [-0.39, 0.29) is 18.4 Å². The number of carbonyl (C=O) groups excluding carboxylic acids is 3. The van der Waals surface area contributed by atoms with Gasteiger partial charge in [-0.2, -0.15) is 0 Å². The average Bonchev–Trinajstić information content (AvgIpc) is 2.45. The topological polar surface area (TPSA) is 101 Å². The molecule has 1 aliphatic carbocycles. The number of nitrogens with one attached hydrogen (secondary N) is 2. The van der Waals surface area contributed by atoms with Crippen LogP contribution in [-0.4, -0.2) is 30.3 Å². The third-order valence-electron chi connectivity index (χ3n) is 4.34. The van der Waals surface area contributed by atoms with E-state index in [1.54, 1.807) is 20.8 Å². The fourth-order valence-electron chi connectivity index (χ4n) is 2.57. The Morgan fingerprint density at radius 2 is 1.77 bits per heavy atom. The van der Waals surface area contributed by atoms with Crippen molar-refractivity contribution in [3.05, 3.63) is 0 Å². The van der Waals surface area contributed by atoms with Crippen molar-refractivity contribution in [1.29, 1.82) is 0 Å². The summed E-state index contributed by atoms with van der Waals surface area (Å²) in [6, 6.07) is -0.611. The van der Waals surface area contributed by atoms with Crippen LogP contribution < -0.4 is 16.4 Å². The molecule has 0 heterocycles. The quantitative estimate of drug-likeness (QED) is 0.656. The van der Waals surface area contributed by atoms with Crippen molar-refractivity contribution in [3.8, 4) is 0 Å². The lowest BCUT2D eigenvalue weighted by atomic mass is 9.87. The first kappa shape index (κ1) is 18.5. The Bertz CT molecular complexity index is 415. The molecule has 1 rings (SSSR count). The second-order valence-electron chi connectivity index (χ2n) is 6.96. The van der Waals surface area contributed by atoms with Gasteiger partial charge < -0.3 is 16.4 Å². The lowest BCUT2D eigenvalue weighted by Gasteiger charge is -2.24. The lowest BCUT2D eigenvalue weighted by molar-refractivity contribution is -0.130. The van der Waals surface area contributed by atoms with Gasteiger partial charge in [-0.15, -0.1) is 0 Å². The van der Waals surface area contributed by atoms with E-state index in [9.17, 15) is 14.4 Å². The number of amides is 3. The molecule has 0 radical (unpaired) electrons. The first-order chi connectivity index (χ1) is 10.2. The van der Waals surface area contributed by atoms with E-state index < -0.39 is 17.4 Å². The van der Waals surface area contributed by atoms with Gasteiger partial charge in [-0.25, -0.2) is 0 Å². The van der Waals surface area contributed by atoms with Gasteiger partial charge in [0.15, 0.2) is 0 Å². The normalized spacial score (nSPS) is 17.6. The van der Waals surface area contributed by atoms with Crippen LogP contribution in [0.25, 0.3) is 0 Å². The van der Waals surface area contributed by atoms with Crippen LogP contribution in [0.4, 0.5) is 0 Å². The summed E-state index contributed by atoms with van der Waals surface area (Å²) in [6.45, 7) is 5.14. The van der Waals surface area contributed by atoms with Crippen molar-refractivity contribution in [2.75, 3.05) is 6.54 Å². The van der Waals surface area contributed by atoms with Gasteiger partial charge >= 0.3 is 0 Å². The van der Waals surface area contributed by atoms with E-state index >= 15 is 0 Å². The predicted octanol–water partition coefficient (Wildman–Crippen LogP) is 1.09. The summed E-state index contributed by atoms with van der Waals surface area (Å²) in [7, 11) is 0. The molecular formula is C16H29N3O3. The largest absolute Gasteiger partial charge is 0.369 e. The third-order valence-corrected chi connectivity index (χ3v) is 4.34. The molecule has 0 saturated heterocycles. The van der Waals surface area contributed by atoms with Gasteiger partial charge in [-0.05, 0) is 39.5 Å². The highest BCUT2D eigenvalue weighted by molar-refractivity contribution is 5.88. The number of rotatable bonds is 7. The molecule has 3 amide bonds. The Kier molecular flexibility index (Phi) is 6.84. The Hall–Kier alpha value is -1.59. The fraction of sp³-hybridized carbons (Fsp3) is 0.812. The summed E-state index contributed by atoms with van der Waals surface area (Å²) in [5, 5.41) is 5.38. The first-order valence-electron chi connectivity index (χ1n) is 8.09. The summed E-state index contributed by atoms with van der Waals surface area (Å²) in [5.41, 5.74) is 4.45. The van der Waals surface area contributed by atoms with E-state index in [1.165, 1.54) is 19.3 Å². The molecule has 1 aliphatic rings. The minimum absolute atomic E-state index is 0.0799. The number of carbonyl (C=O) groups is 3. The number of hydrogen-bond acceptors (Lipinski definition) is 3. The lowest BCUT2D eigenvalue weighted by Crippen LogP contribution is -2.49. The summed E-state index contributed by atoms with van der Waals surface area (Å²) in [6.07, 6.45) is 6.32. The van der Waals surface area contributed by atoms with E-state index in [1.807, 2.05) is 0 Å². The van der Waals surface area contributed by atoms with Gasteiger partial charge in [0.05, 0.1) is 5.41 Å². The maximum absolute atomic E-state index is 12.0. The zero-order valence-electron chi connectivity index (χ0n) is 13.9. The second kappa shape index (κ2) is 8.15. The molecular weight excluding hydrogens is 282 g/mol. The smallest absolute Gasteiger partial charge is 0.242 e. The molecule has 0 unspecified atom stereocenters. The van der Waals surface area contributed by atoms with Crippen molar-refractivity contribution in [3.63, 3.8) is 0 Å². The van der Waals surface area contributed by atoms with Crippen LogP contribution in [0.1, 0.15) is 59.3 Å². The first-order valence-corrected chi connectivity index (χ1v) is 8.09. The molecule has 0 aliphatic heterocycles. The van der Waals surface area contributed by atoms with E-state index in [0.717, 1.165) is 12.8 Å². The molecule has 0 aromatic rings. The molecule has 1 fully saturated rings. The number of hydrogen-bond donors (Lipinski definition) is 3. The molecule has 1 saturated carbocycles. The standard InChI is InChI=1S/C16H29N3O3/c1-11(14(21)18-10-16(2,3)15(17)22)19-13(20)9-12-7-5-4-6-8-12/h11-12H,4-10H2,1-3H3,(H2,17,22)(H,18,21)(H,19,20)/t11-/m1/s1. The highest BCUT2D eigenvalue weighted by atomic mass is 16.2. The Balaban J connectivity index is 2.33. The minimum Gasteiger partial charge on any atom is -0.369 e. The SMILES string of the molecule is C[C@@H](NC(=O)CC1CCCCC1)C(=O)NCC(C)(C)C(N)=O. The zero-order valence-corrected chi connectivity index (χ0v) is 13.9. The average molecular weight is 311 g/mol. The van der Waals surface area contributed by atoms with Crippen molar-refractivity contribution < 1.29 is 14.4 Å². The van der Waals surface area contributed by atoms with Crippen LogP contribution in [0.2, 0.25) is 0 Å². The van der Waals surface area contributed by atoms with Gasteiger partial charge in [0.2, 0.25) is 17.7 Å². The van der Waals surface area contributed by atoms with E-state index in [0.29, 0.717) is 12.3 Å². The Morgan fingerprint density at radius 1 is 1.18 bits per heavy atom. The van der Waals surface area contributed by atoms with Crippen LogP contribution in [0.3, 0.4) is 0 Å². The van der Waals surface area contributed by atoms with Crippen molar-refractivity contribution in [2.45, 2.75) is 65.3 Å². The highest BCUT2D eigenvalue weighted by Gasteiger charge is 2.27. The second-order valence-corrected chi connectivity index (χ2v) is 6.96. The van der Waals surface area contributed by atoms with E-state index in [2.05, 4.69) is 10.6 Å². The van der Waals surface area contributed by atoms with Crippen LogP contribution in [0.15, 0.2) is 0 Å². The van der Waals surface area contributed by atoms with Gasteiger partial charge in [0.25, 0.3) is 0 Å². The molecule has 1 atom stereocenters. The van der Waals surface area contributed by atoms with Crippen molar-refractivity contribution in [1.82, 2.24) is 10.6 Å². The molecule has 6 heteroatoms. The highest BCUT2D eigenvalue weighted by Crippen LogP contribution is 2.26. The summed E-state index contributed by atoms with van der Waals surface area (Å²) in [5.74, 6) is -0.408. The third kappa shape index (κ3) is 6.03. The maximum Gasteiger partial charge on any atom is 0.242 e. The summed E-state index contributed by atoms with van der Waals surface area (Å²) >= 11 is 0. The molecule has 0 aromatic heterocycles. The molecule has 4 N–H and O–H groups in total. The fourth-order valence-corrected chi connectivity index (χ4v) is 2.57. The summed E-state index contributed by atoms with van der Waals surface area (Å²) in [4.78, 5) is 35.1. The minimum atomic E-state index is -0.804. The Labute approximate surface area is 132 Å². The molecule has 126 valence electrons. The Morgan fingerprint density at radius 3 is 2.32 bits per heavy atom. The molecule has 0 spiro atoms. The van der Waals surface area contributed by atoms with Crippen LogP contribution in [-0.2, 0) is 14.4 Å². The number of nitrogens with two attached hydrogens (primary N) is 1. The molecule has 0 aromatic carbocycles. The molecule has 0 bridgehead atoms. The molecule has 22 heavy (non-hydrogen) atoms. The van der Waals surface area contributed by atoms with Gasteiger partial charge in [0.1, 0.15) is 6.04 Å².